The van der Waals surface area contributed by atoms with E-state index < -0.39 is 5.97 Å². The molecule has 0 aliphatic rings. The molecule has 0 saturated heterocycles. The van der Waals surface area contributed by atoms with Gasteiger partial charge in [0.05, 0.1) is 18.8 Å². The van der Waals surface area contributed by atoms with Crippen LogP contribution < -0.4 is 4.74 Å². The SMILES string of the molecule is COC(=O)c1sc(-n2cnc3cnccc32)cc1OCc1ccccc1F. The lowest BCUT2D eigenvalue weighted by molar-refractivity contribution is 0.0601. The maximum absolute atomic E-state index is 13.8. The molecule has 0 saturated carbocycles. The largest absolute Gasteiger partial charge is 0.487 e. The second-order valence-electron chi connectivity index (χ2n) is 5.63. The van der Waals surface area contributed by atoms with Gasteiger partial charge in [0.2, 0.25) is 0 Å². The molecule has 0 spiro atoms. The average Bonchev–Trinajstić information content (AvgIpc) is 3.30. The van der Waals surface area contributed by atoms with E-state index in [9.17, 15) is 9.18 Å². The number of rotatable bonds is 5. The van der Waals surface area contributed by atoms with Gasteiger partial charge in [-0.2, -0.15) is 0 Å². The molecule has 0 amide bonds. The minimum Gasteiger partial charge on any atom is -0.487 e. The molecule has 1 aromatic carbocycles. The maximum Gasteiger partial charge on any atom is 0.351 e. The van der Waals surface area contributed by atoms with Crippen LogP contribution in [0.25, 0.3) is 16.0 Å². The maximum atomic E-state index is 13.8. The summed E-state index contributed by atoms with van der Waals surface area (Å²) < 4.78 is 26.3. The first-order chi connectivity index (χ1) is 13.2. The topological polar surface area (TPSA) is 66.2 Å². The lowest BCUT2D eigenvalue weighted by Crippen LogP contribution is -2.03. The molecule has 136 valence electrons. The van der Waals surface area contributed by atoms with Crippen molar-refractivity contribution in [2.75, 3.05) is 7.11 Å². The lowest BCUT2D eigenvalue weighted by Gasteiger charge is -2.07. The van der Waals surface area contributed by atoms with E-state index >= 15 is 0 Å². The highest BCUT2D eigenvalue weighted by atomic mass is 32.1. The summed E-state index contributed by atoms with van der Waals surface area (Å²) in [6.45, 7) is 0.00143. The number of carbonyl (C=O) groups is 1. The number of fused-ring (bicyclic) bond motifs is 1. The Bertz CT molecular complexity index is 1120. The van der Waals surface area contributed by atoms with Gasteiger partial charge in [0.15, 0.2) is 4.88 Å². The van der Waals surface area contributed by atoms with Gasteiger partial charge < -0.3 is 9.47 Å². The third-order valence-corrected chi connectivity index (χ3v) is 5.08. The summed E-state index contributed by atoms with van der Waals surface area (Å²) in [7, 11) is 1.31. The number of hydrogen-bond acceptors (Lipinski definition) is 6. The van der Waals surface area contributed by atoms with Crippen molar-refractivity contribution >= 4 is 28.3 Å². The van der Waals surface area contributed by atoms with Crippen molar-refractivity contribution in [3.8, 4) is 10.8 Å². The zero-order chi connectivity index (χ0) is 18.8. The minimum absolute atomic E-state index is 0.00143. The fraction of sp³-hybridized carbons (Fsp3) is 0.105. The molecule has 0 radical (unpaired) electrons. The van der Waals surface area contributed by atoms with E-state index in [-0.39, 0.29) is 12.4 Å². The fourth-order valence-electron chi connectivity index (χ4n) is 2.63. The Morgan fingerprint density at radius 3 is 2.96 bits per heavy atom. The van der Waals surface area contributed by atoms with Crippen LogP contribution in [0.5, 0.6) is 5.75 Å². The molecule has 3 aromatic heterocycles. The molecule has 0 aliphatic carbocycles. The number of methoxy groups -OCH3 is 1. The number of aromatic nitrogens is 3. The Hall–Kier alpha value is -3.26. The van der Waals surface area contributed by atoms with Crippen LogP contribution in [0.2, 0.25) is 0 Å². The molecule has 0 fully saturated rings. The summed E-state index contributed by atoms with van der Waals surface area (Å²) in [4.78, 5) is 20.8. The number of benzene rings is 1. The molecule has 0 aliphatic heterocycles. The Morgan fingerprint density at radius 2 is 2.15 bits per heavy atom. The second-order valence-corrected chi connectivity index (χ2v) is 6.66. The van der Waals surface area contributed by atoms with Crippen LogP contribution >= 0.6 is 11.3 Å². The quantitative estimate of drug-likeness (QED) is 0.488. The molecule has 3 heterocycles. The highest BCUT2D eigenvalue weighted by Gasteiger charge is 2.20. The number of hydrogen-bond donors (Lipinski definition) is 0. The summed E-state index contributed by atoms with van der Waals surface area (Å²) in [6.07, 6.45) is 4.99. The standard InChI is InChI=1S/C19H14FN3O3S/c1-25-19(24)18-16(26-10-12-4-2-3-5-13(12)20)8-17(27-18)23-11-22-14-9-21-7-6-15(14)23/h2-9,11H,10H2,1H3. The van der Waals surface area contributed by atoms with Gasteiger partial charge in [-0.15, -0.1) is 11.3 Å². The van der Waals surface area contributed by atoms with E-state index in [1.807, 2.05) is 10.6 Å². The van der Waals surface area contributed by atoms with Crippen LogP contribution in [0.1, 0.15) is 15.2 Å². The van der Waals surface area contributed by atoms with E-state index in [1.165, 1.54) is 24.5 Å². The zero-order valence-corrected chi connectivity index (χ0v) is 15.1. The second kappa shape index (κ2) is 7.16. The van der Waals surface area contributed by atoms with Crippen molar-refractivity contribution < 1.29 is 18.7 Å². The zero-order valence-electron chi connectivity index (χ0n) is 14.3. The number of carbonyl (C=O) groups excluding carboxylic acids is 1. The predicted octanol–water partition coefficient (Wildman–Crippen LogP) is 3.99. The highest BCUT2D eigenvalue weighted by Crippen LogP contribution is 2.34. The van der Waals surface area contributed by atoms with E-state index in [0.717, 1.165) is 16.0 Å². The minimum atomic E-state index is -0.513. The third-order valence-electron chi connectivity index (χ3n) is 3.98. The van der Waals surface area contributed by atoms with Gasteiger partial charge in [0, 0.05) is 17.8 Å². The van der Waals surface area contributed by atoms with Gasteiger partial charge in [0.1, 0.15) is 35.0 Å². The Kier molecular flexibility index (Phi) is 4.55. The molecule has 0 N–H and O–H groups in total. The van der Waals surface area contributed by atoms with Crippen LogP contribution in [-0.2, 0) is 11.3 Å². The van der Waals surface area contributed by atoms with Crippen LogP contribution in [0.4, 0.5) is 4.39 Å². The number of halogens is 1. The molecule has 8 heteroatoms. The fourth-order valence-corrected chi connectivity index (χ4v) is 3.64. The van der Waals surface area contributed by atoms with Crippen molar-refractivity contribution in [1.82, 2.24) is 14.5 Å². The molecule has 0 atom stereocenters. The molecule has 27 heavy (non-hydrogen) atoms. The van der Waals surface area contributed by atoms with Gasteiger partial charge in [0.25, 0.3) is 0 Å². The smallest absolute Gasteiger partial charge is 0.351 e. The normalized spacial score (nSPS) is 10.9. The molecule has 4 rings (SSSR count). The number of nitrogens with zero attached hydrogens (tertiary/aromatic N) is 3. The predicted molar refractivity (Wildman–Crippen MR) is 98.8 cm³/mol. The molecule has 6 nitrogen and oxygen atoms in total. The van der Waals surface area contributed by atoms with Gasteiger partial charge >= 0.3 is 5.97 Å². The Balaban J connectivity index is 1.71. The summed E-state index contributed by atoms with van der Waals surface area (Å²) in [5.41, 5.74) is 1.99. The summed E-state index contributed by atoms with van der Waals surface area (Å²) in [6, 6.07) is 9.90. The summed E-state index contributed by atoms with van der Waals surface area (Å²) in [5, 5.41) is 0.729. The number of ether oxygens (including phenoxy) is 2. The van der Waals surface area contributed by atoms with Gasteiger partial charge in [-0.25, -0.2) is 14.2 Å². The first kappa shape index (κ1) is 17.2. The van der Waals surface area contributed by atoms with Gasteiger partial charge in [-0.1, -0.05) is 18.2 Å². The van der Waals surface area contributed by atoms with Crippen molar-refractivity contribution in [2.45, 2.75) is 6.61 Å². The molecule has 0 unspecified atom stereocenters. The number of esters is 1. The molecular weight excluding hydrogens is 369 g/mol. The molecular formula is C19H14FN3O3S. The van der Waals surface area contributed by atoms with E-state index in [4.69, 9.17) is 9.47 Å². The lowest BCUT2D eigenvalue weighted by atomic mass is 10.2. The van der Waals surface area contributed by atoms with Crippen molar-refractivity contribution in [1.29, 1.82) is 0 Å². The average molecular weight is 383 g/mol. The van der Waals surface area contributed by atoms with Crippen molar-refractivity contribution in [3.05, 3.63) is 71.4 Å². The summed E-state index contributed by atoms with van der Waals surface area (Å²) in [5.74, 6) is -0.539. The van der Waals surface area contributed by atoms with E-state index in [0.29, 0.717) is 16.2 Å². The first-order valence-corrected chi connectivity index (χ1v) is 8.85. The Morgan fingerprint density at radius 1 is 1.30 bits per heavy atom. The van der Waals surface area contributed by atoms with E-state index in [1.54, 1.807) is 43.0 Å². The number of thiophene rings is 1. The molecule has 4 aromatic rings. The van der Waals surface area contributed by atoms with Crippen LogP contribution in [0.15, 0.2) is 55.1 Å². The van der Waals surface area contributed by atoms with Crippen molar-refractivity contribution in [2.24, 2.45) is 0 Å². The van der Waals surface area contributed by atoms with E-state index in [2.05, 4.69) is 9.97 Å². The third kappa shape index (κ3) is 3.26. The monoisotopic (exact) mass is 383 g/mol. The number of pyridine rings is 1. The van der Waals surface area contributed by atoms with Crippen LogP contribution in [0.3, 0.4) is 0 Å². The number of imidazole rings is 1. The summed E-state index contributed by atoms with van der Waals surface area (Å²) >= 11 is 1.21. The Labute approximate surface area is 157 Å². The van der Waals surface area contributed by atoms with Crippen LogP contribution in [0, 0.1) is 5.82 Å². The van der Waals surface area contributed by atoms with Crippen molar-refractivity contribution in [3.63, 3.8) is 0 Å². The first-order valence-electron chi connectivity index (χ1n) is 8.03. The van der Waals surface area contributed by atoms with Gasteiger partial charge in [-0.3, -0.25) is 9.55 Å². The highest BCUT2D eigenvalue weighted by molar-refractivity contribution is 7.16. The van der Waals surface area contributed by atoms with Crippen LogP contribution in [-0.4, -0.2) is 27.6 Å². The van der Waals surface area contributed by atoms with Gasteiger partial charge in [-0.05, 0) is 12.1 Å². The molecule has 0 bridgehead atoms.